The number of ether oxygens (including phenoxy) is 2. The van der Waals surface area contributed by atoms with E-state index >= 15 is 0 Å². The number of amides is 1. The van der Waals surface area contributed by atoms with Crippen LogP contribution in [-0.2, 0) is 0 Å². The molecule has 3 aromatic rings. The summed E-state index contributed by atoms with van der Waals surface area (Å²) in [5, 5.41) is 5.36. The fourth-order valence-electron chi connectivity index (χ4n) is 2.62. The third-order valence-electron chi connectivity index (χ3n) is 3.89. The molecule has 1 aliphatic heterocycles. The highest BCUT2D eigenvalue weighted by atomic mass is 19.1. The maximum absolute atomic E-state index is 13.8. The van der Waals surface area contributed by atoms with E-state index in [1.807, 2.05) is 0 Å². The third kappa shape index (κ3) is 3.68. The van der Waals surface area contributed by atoms with Gasteiger partial charge in [0.2, 0.25) is 12.7 Å². The quantitative estimate of drug-likeness (QED) is 0.712. The zero-order valence-corrected chi connectivity index (χ0v) is 14.6. The number of hydrogen-bond donors (Lipinski definition) is 2. The van der Waals surface area contributed by atoms with E-state index in [1.54, 1.807) is 25.1 Å². The molecule has 0 saturated carbocycles. The lowest BCUT2D eigenvalue weighted by atomic mass is 10.2. The Labute approximate surface area is 158 Å². The monoisotopic (exact) mass is 384 g/mol. The molecule has 0 fully saturated rings. The summed E-state index contributed by atoms with van der Waals surface area (Å²) in [6.07, 6.45) is 0. The molecule has 0 radical (unpaired) electrons. The highest BCUT2D eigenvalue weighted by molar-refractivity contribution is 6.03. The second-order valence-electron chi connectivity index (χ2n) is 5.99. The molecule has 2 N–H and O–H groups in total. The summed E-state index contributed by atoms with van der Waals surface area (Å²) >= 11 is 0. The van der Waals surface area contributed by atoms with Crippen molar-refractivity contribution in [2.24, 2.45) is 0 Å². The van der Waals surface area contributed by atoms with Crippen LogP contribution >= 0.6 is 0 Å². The van der Waals surface area contributed by atoms with Crippen LogP contribution < -0.4 is 20.1 Å². The molecule has 0 unspecified atom stereocenters. The summed E-state index contributed by atoms with van der Waals surface area (Å²) in [7, 11) is 0. The molecule has 0 spiro atoms. The third-order valence-corrected chi connectivity index (χ3v) is 3.89. The van der Waals surface area contributed by atoms with Crippen LogP contribution in [0.4, 0.5) is 26.1 Å². The van der Waals surface area contributed by atoms with E-state index in [0.29, 0.717) is 22.9 Å². The molecule has 0 bridgehead atoms. The number of nitrogens with zero attached hydrogens (tertiary/aromatic N) is 2. The number of anilines is 3. The summed E-state index contributed by atoms with van der Waals surface area (Å²) in [6.45, 7) is 1.80. The second-order valence-corrected chi connectivity index (χ2v) is 5.99. The number of carbonyl (C=O) groups excluding carboxylic acids is 1. The van der Waals surface area contributed by atoms with Crippen molar-refractivity contribution < 1.29 is 23.0 Å². The molecule has 1 aliphatic rings. The van der Waals surface area contributed by atoms with Crippen LogP contribution in [0.1, 0.15) is 16.2 Å². The van der Waals surface area contributed by atoms with E-state index in [4.69, 9.17) is 9.47 Å². The Kier molecular flexibility index (Phi) is 4.48. The van der Waals surface area contributed by atoms with Gasteiger partial charge in [0, 0.05) is 23.5 Å². The number of nitrogens with one attached hydrogen (secondary N) is 2. The predicted molar refractivity (Wildman–Crippen MR) is 96.9 cm³/mol. The Morgan fingerprint density at radius 1 is 1.04 bits per heavy atom. The number of benzene rings is 2. The molecule has 1 amide bonds. The Bertz CT molecular complexity index is 1080. The van der Waals surface area contributed by atoms with Crippen LogP contribution in [0.3, 0.4) is 0 Å². The van der Waals surface area contributed by atoms with Crippen molar-refractivity contribution in [2.45, 2.75) is 6.92 Å². The van der Waals surface area contributed by atoms with Gasteiger partial charge in [-0.25, -0.2) is 18.7 Å². The lowest BCUT2D eigenvalue weighted by Gasteiger charge is -2.10. The molecule has 2 aromatic carbocycles. The fourth-order valence-corrected chi connectivity index (χ4v) is 2.62. The Balaban J connectivity index is 1.55. The lowest BCUT2D eigenvalue weighted by molar-refractivity contribution is 0.102. The first-order valence-electron chi connectivity index (χ1n) is 8.27. The second kappa shape index (κ2) is 7.10. The molecule has 7 nitrogen and oxygen atoms in total. The molecule has 1 aromatic heterocycles. The predicted octanol–water partition coefficient (Wildman–Crippen LogP) is 3.79. The van der Waals surface area contributed by atoms with E-state index in [9.17, 15) is 13.6 Å². The summed E-state index contributed by atoms with van der Waals surface area (Å²) in [4.78, 5) is 20.8. The van der Waals surface area contributed by atoms with Gasteiger partial charge in [0.15, 0.2) is 11.5 Å². The van der Waals surface area contributed by atoms with Gasteiger partial charge in [-0.15, -0.1) is 0 Å². The van der Waals surface area contributed by atoms with Gasteiger partial charge in [-0.2, -0.15) is 0 Å². The van der Waals surface area contributed by atoms with Crippen LogP contribution in [0.15, 0.2) is 42.5 Å². The average Bonchev–Trinajstić information content (AvgIpc) is 3.11. The molecule has 0 saturated heterocycles. The van der Waals surface area contributed by atoms with Crippen LogP contribution in [0, 0.1) is 18.6 Å². The zero-order chi connectivity index (χ0) is 19.7. The van der Waals surface area contributed by atoms with Crippen molar-refractivity contribution in [3.63, 3.8) is 0 Å². The van der Waals surface area contributed by atoms with E-state index in [-0.39, 0.29) is 24.1 Å². The normalized spacial score (nSPS) is 12.0. The molecular weight excluding hydrogens is 370 g/mol. The molecule has 28 heavy (non-hydrogen) atoms. The lowest BCUT2D eigenvalue weighted by Crippen LogP contribution is -2.15. The number of rotatable bonds is 4. The Morgan fingerprint density at radius 2 is 1.86 bits per heavy atom. The first-order valence-corrected chi connectivity index (χ1v) is 8.27. The zero-order valence-electron chi connectivity index (χ0n) is 14.6. The summed E-state index contributed by atoms with van der Waals surface area (Å²) < 4.78 is 37.4. The highest BCUT2D eigenvalue weighted by Gasteiger charge is 2.16. The Hall–Kier alpha value is -3.75. The SMILES string of the molecule is Cc1cc(C(=O)Nc2ccc3c(c2)OCO3)nc(Nc2ccc(F)cc2F)n1. The first kappa shape index (κ1) is 17.7. The van der Waals surface area contributed by atoms with Gasteiger partial charge in [-0.3, -0.25) is 4.79 Å². The van der Waals surface area contributed by atoms with E-state index < -0.39 is 17.5 Å². The van der Waals surface area contributed by atoms with Crippen LogP contribution in [0.25, 0.3) is 0 Å². The van der Waals surface area contributed by atoms with E-state index in [1.165, 1.54) is 12.1 Å². The van der Waals surface area contributed by atoms with Crippen molar-refractivity contribution in [3.8, 4) is 11.5 Å². The van der Waals surface area contributed by atoms with Crippen LogP contribution in [0.2, 0.25) is 0 Å². The maximum atomic E-state index is 13.8. The molecule has 142 valence electrons. The van der Waals surface area contributed by atoms with Crippen molar-refractivity contribution in [1.29, 1.82) is 0 Å². The molecule has 0 aliphatic carbocycles. The maximum Gasteiger partial charge on any atom is 0.274 e. The fraction of sp³-hybridized carbons (Fsp3) is 0.105. The first-order chi connectivity index (χ1) is 13.5. The molecule has 2 heterocycles. The van der Waals surface area contributed by atoms with Gasteiger partial charge in [-0.1, -0.05) is 0 Å². The minimum Gasteiger partial charge on any atom is -0.454 e. The minimum absolute atomic E-state index is 0.00544. The summed E-state index contributed by atoms with van der Waals surface area (Å²) in [6, 6.07) is 9.57. The van der Waals surface area contributed by atoms with Crippen LogP contribution in [-0.4, -0.2) is 22.7 Å². The van der Waals surface area contributed by atoms with Gasteiger partial charge in [0.05, 0.1) is 5.69 Å². The van der Waals surface area contributed by atoms with Gasteiger partial charge >= 0.3 is 0 Å². The van der Waals surface area contributed by atoms with Crippen molar-refractivity contribution in [2.75, 3.05) is 17.4 Å². The van der Waals surface area contributed by atoms with Crippen LogP contribution in [0.5, 0.6) is 11.5 Å². The topological polar surface area (TPSA) is 85.4 Å². The molecular formula is C19H14F2N4O3. The van der Waals surface area contributed by atoms with E-state index in [2.05, 4.69) is 20.6 Å². The minimum atomic E-state index is -0.795. The number of aromatic nitrogens is 2. The summed E-state index contributed by atoms with van der Waals surface area (Å²) in [5.74, 6) is -0.823. The van der Waals surface area contributed by atoms with Gasteiger partial charge in [-0.05, 0) is 37.3 Å². The average molecular weight is 384 g/mol. The number of carbonyl (C=O) groups is 1. The largest absolute Gasteiger partial charge is 0.454 e. The number of halogens is 2. The summed E-state index contributed by atoms with van der Waals surface area (Å²) in [5.41, 5.74) is 1.07. The van der Waals surface area contributed by atoms with Gasteiger partial charge in [0.25, 0.3) is 5.91 Å². The van der Waals surface area contributed by atoms with Gasteiger partial charge < -0.3 is 20.1 Å². The molecule has 9 heteroatoms. The number of hydrogen-bond acceptors (Lipinski definition) is 6. The van der Waals surface area contributed by atoms with E-state index in [0.717, 1.165) is 12.1 Å². The van der Waals surface area contributed by atoms with Crippen molar-refractivity contribution in [3.05, 3.63) is 65.5 Å². The number of fused-ring (bicyclic) bond motifs is 1. The molecule has 0 atom stereocenters. The van der Waals surface area contributed by atoms with Gasteiger partial charge in [0.1, 0.15) is 17.3 Å². The molecule has 4 rings (SSSR count). The van der Waals surface area contributed by atoms with Crippen molar-refractivity contribution >= 4 is 23.2 Å². The van der Waals surface area contributed by atoms with Crippen molar-refractivity contribution in [1.82, 2.24) is 9.97 Å². The smallest absolute Gasteiger partial charge is 0.274 e. The Morgan fingerprint density at radius 3 is 2.68 bits per heavy atom. The highest BCUT2D eigenvalue weighted by Crippen LogP contribution is 2.34. The standard InChI is InChI=1S/C19H14F2N4O3/c1-10-6-15(18(26)23-12-3-5-16-17(8-12)28-9-27-16)25-19(22-10)24-14-4-2-11(20)7-13(14)21/h2-8H,9H2,1H3,(H,23,26)(H,22,24,25). The number of aryl methyl sites for hydroxylation is 1.